The second kappa shape index (κ2) is 6.65. The number of carboxylic acid groups (broad SMARTS) is 1. The molecule has 0 aliphatic rings. The molecule has 5 heteroatoms. The standard InChI is InChI=1S/C12H15NO4/c1-13-7-6-11(14)17-8-9-4-2-3-5-10(9)12(15)16/h2-5,13H,6-8H2,1H3,(H,15,16). The van der Waals surface area contributed by atoms with Gasteiger partial charge in [-0.1, -0.05) is 18.2 Å². The van der Waals surface area contributed by atoms with Crippen molar-refractivity contribution in [2.24, 2.45) is 0 Å². The zero-order valence-electron chi connectivity index (χ0n) is 9.60. The van der Waals surface area contributed by atoms with Gasteiger partial charge in [0.15, 0.2) is 0 Å². The highest BCUT2D eigenvalue weighted by molar-refractivity contribution is 5.89. The molecule has 1 aromatic rings. The summed E-state index contributed by atoms with van der Waals surface area (Å²) in [6.07, 6.45) is 0.270. The van der Waals surface area contributed by atoms with Gasteiger partial charge in [0.2, 0.25) is 0 Å². The lowest BCUT2D eigenvalue weighted by Gasteiger charge is -2.07. The van der Waals surface area contributed by atoms with Crippen molar-refractivity contribution in [1.29, 1.82) is 0 Å². The molecule has 0 aromatic heterocycles. The van der Waals surface area contributed by atoms with E-state index in [0.717, 1.165) is 0 Å². The normalized spacial score (nSPS) is 9.94. The number of carboxylic acids is 1. The third-order valence-electron chi connectivity index (χ3n) is 2.22. The number of aromatic carboxylic acids is 1. The number of benzene rings is 1. The summed E-state index contributed by atoms with van der Waals surface area (Å²) in [7, 11) is 1.74. The van der Waals surface area contributed by atoms with Gasteiger partial charge in [-0.2, -0.15) is 0 Å². The van der Waals surface area contributed by atoms with Gasteiger partial charge in [-0.25, -0.2) is 4.79 Å². The second-order valence-electron chi connectivity index (χ2n) is 3.48. The maximum absolute atomic E-state index is 11.2. The first kappa shape index (κ1) is 13.2. The molecule has 0 fully saturated rings. The quantitative estimate of drug-likeness (QED) is 0.723. The van der Waals surface area contributed by atoms with Gasteiger partial charge < -0.3 is 15.2 Å². The van der Waals surface area contributed by atoms with E-state index in [1.54, 1.807) is 25.2 Å². The molecule has 0 heterocycles. The number of nitrogens with one attached hydrogen (secondary N) is 1. The Kier molecular flexibility index (Phi) is 5.16. The summed E-state index contributed by atoms with van der Waals surface area (Å²) in [6.45, 7) is 0.532. The number of carbonyl (C=O) groups is 2. The smallest absolute Gasteiger partial charge is 0.336 e. The SMILES string of the molecule is CNCCC(=O)OCc1ccccc1C(=O)O. The van der Waals surface area contributed by atoms with Crippen molar-refractivity contribution in [3.63, 3.8) is 0 Å². The van der Waals surface area contributed by atoms with Gasteiger partial charge in [0.05, 0.1) is 12.0 Å². The lowest BCUT2D eigenvalue weighted by Crippen LogP contribution is -2.15. The van der Waals surface area contributed by atoms with Gasteiger partial charge in [-0.05, 0) is 13.1 Å². The fraction of sp³-hybridized carbons (Fsp3) is 0.333. The molecule has 0 amide bonds. The average molecular weight is 237 g/mol. The van der Waals surface area contributed by atoms with Gasteiger partial charge in [0.1, 0.15) is 6.61 Å². The Hall–Kier alpha value is -1.88. The van der Waals surface area contributed by atoms with Crippen molar-refractivity contribution < 1.29 is 19.4 Å². The van der Waals surface area contributed by atoms with E-state index >= 15 is 0 Å². The van der Waals surface area contributed by atoms with E-state index < -0.39 is 5.97 Å². The van der Waals surface area contributed by atoms with Crippen LogP contribution < -0.4 is 5.32 Å². The first-order chi connectivity index (χ1) is 8.15. The molecule has 1 rings (SSSR count). The van der Waals surface area contributed by atoms with Crippen molar-refractivity contribution in [2.45, 2.75) is 13.0 Å². The molecule has 0 bridgehead atoms. The zero-order valence-corrected chi connectivity index (χ0v) is 9.60. The summed E-state index contributed by atoms with van der Waals surface area (Å²) in [5, 5.41) is 11.8. The highest BCUT2D eigenvalue weighted by Gasteiger charge is 2.10. The minimum atomic E-state index is -1.02. The van der Waals surface area contributed by atoms with Crippen LogP contribution in [-0.4, -0.2) is 30.6 Å². The molecule has 0 saturated carbocycles. The highest BCUT2D eigenvalue weighted by Crippen LogP contribution is 2.10. The lowest BCUT2D eigenvalue weighted by molar-refractivity contribution is -0.144. The third-order valence-corrected chi connectivity index (χ3v) is 2.22. The van der Waals surface area contributed by atoms with E-state index in [1.807, 2.05) is 0 Å². The summed E-state index contributed by atoms with van der Waals surface area (Å²) in [6, 6.07) is 6.47. The molecule has 0 atom stereocenters. The first-order valence-electron chi connectivity index (χ1n) is 5.26. The third kappa shape index (κ3) is 4.24. The molecule has 0 aliphatic carbocycles. The van der Waals surface area contributed by atoms with Crippen LogP contribution >= 0.6 is 0 Å². The van der Waals surface area contributed by atoms with Crippen LogP contribution in [0.3, 0.4) is 0 Å². The monoisotopic (exact) mass is 237 g/mol. The predicted octanol–water partition coefficient (Wildman–Crippen LogP) is 1.04. The minimum absolute atomic E-state index is 0.00891. The summed E-state index contributed by atoms with van der Waals surface area (Å²) in [5.74, 6) is -1.37. The predicted molar refractivity (Wildman–Crippen MR) is 61.7 cm³/mol. The Labute approximate surface area is 99.4 Å². The van der Waals surface area contributed by atoms with Crippen molar-refractivity contribution in [3.8, 4) is 0 Å². The molecule has 0 spiro atoms. The van der Waals surface area contributed by atoms with Gasteiger partial charge in [-0.15, -0.1) is 0 Å². The summed E-state index contributed by atoms with van der Waals surface area (Å²) < 4.78 is 4.98. The van der Waals surface area contributed by atoms with Crippen LogP contribution in [0.5, 0.6) is 0 Å². The van der Waals surface area contributed by atoms with Gasteiger partial charge >= 0.3 is 11.9 Å². The summed E-state index contributed by atoms with van der Waals surface area (Å²) in [4.78, 5) is 22.1. The van der Waals surface area contributed by atoms with Crippen LogP contribution in [-0.2, 0) is 16.1 Å². The maximum Gasteiger partial charge on any atom is 0.336 e. The molecule has 1 aromatic carbocycles. The molecule has 0 saturated heterocycles. The molecular formula is C12H15NO4. The molecular weight excluding hydrogens is 222 g/mol. The Balaban J connectivity index is 2.57. The summed E-state index contributed by atoms with van der Waals surface area (Å²) in [5.41, 5.74) is 0.659. The average Bonchev–Trinajstić information content (AvgIpc) is 2.34. The molecule has 5 nitrogen and oxygen atoms in total. The largest absolute Gasteiger partial charge is 0.478 e. The van der Waals surface area contributed by atoms with Crippen LogP contribution in [0.4, 0.5) is 0 Å². The fourth-order valence-corrected chi connectivity index (χ4v) is 1.31. The van der Waals surface area contributed by atoms with E-state index in [0.29, 0.717) is 12.1 Å². The molecule has 0 aliphatic heterocycles. The number of hydrogen-bond donors (Lipinski definition) is 2. The van der Waals surface area contributed by atoms with E-state index in [2.05, 4.69) is 5.32 Å². The number of carbonyl (C=O) groups excluding carboxylic acids is 1. The van der Waals surface area contributed by atoms with Gasteiger partial charge in [-0.3, -0.25) is 4.79 Å². The Bertz CT molecular complexity index is 403. The van der Waals surface area contributed by atoms with Crippen LogP contribution in [0.25, 0.3) is 0 Å². The number of rotatable bonds is 6. The van der Waals surface area contributed by atoms with Crippen LogP contribution in [0.15, 0.2) is 24.3 Å². The zero-order chi connectivity index (χ0) is 12.7. The number of hydrogen-bond acceptors (Lipinski definition) is 4. The Morgan fingerprint density at radius 2 is 2.06 bits per heavy atom. The van der Waals surface area contributed by atoms with E-state index in [1.165, 1.54) is 6.07 Å². The number of esters is 1. The molecule has 17 heavy (non-hydrogen) atoms. The Morgan fingerprint density at radius 1 is 1.35 bits per heavy atom. The van der Waals surface area contributed by atoms with Crippen molar-refractivity contribution in [2.75, 3.05) is 13.6 Å². The van der Waals surface area contributed by atoms with Crippen LogP contribution in [0.2, 0.25) is 0 Å². The minimum Gasteiger partial charge on any atom is -0.478 e. The molecule has 0 unspecified atom stereocenters. The van der Waals surface area contributed by atoms with Crippen molar-refractivity contribution in [1.82, 2.24) is 5.32 Å². The number of ether oxygens (including phenoxy) is 1. The van der Waals surface area contributed by atoms with Crippen LogP contribution in [0, 0.1) is 0 Å². The van der Waals surface area contributed by atoms with E-state index in [4.69, 9.17) is 9.84 Å². The van der Waals surface area contributed by atoms with Crippen molar-refractivity contribution >= 4 is 11.9 Å². The molecule has 92 valence electrons. The lowest BCUT2D eigenvalue weighted by atomic mass is 10.1. The second-order valence-corrected chi connectivity index (χ2v) is 3.48. The highest BCUT2D eigenvalue weighted by atomic mass is 16.5. The van der Waals surface area contributed by atoms with E-state index in [-0.39, 0.29) is 24.6 Å². The van der Waals surface area contributed by atoms with Gasteiger partial charge in [0, 0.05) is 12.1 Å². The topological polar surface area (TPSA) is 75.6 Å². The molecule has 2 N–H and O–H groups in total. The van der Waals surface area contributed by atoms with E-state index in [9.17, 15) is 9.59 Å². The van der Waals surface area contributed by atoms with Gasteiger partial charge in [0.25, 0.3) is 0 Å². The Morgan fingerprint density at radius 3 is 2.71 bits per heavy atom. The maximum atomic E-state index is 11.2. The summed E-state index contributed by atoms with van der Waals surface area (Å²) >= 11 is 0. The van der Waals surface area contributed by atoms with Crippen LogP contribution in [0.1, 0.15) is 22.3 Å². The van der Waals surface area contributed by atoms with Crippen molar-refractivity contribution in [3.05, 3.63) is 35.4 Å². The fourth-order valence-electron chi connectivity index (χ4n) is 1.31. The molecule has 0 radical (unpaired) electrons. The first-order valence-corrected chi connectivity index (χ1v) is 5.26.